The average molecular weight is 333 g/mol. The lowest BCUT2D eigenvalue weighted by Crippen LogP contribution is -2.05. The molecule has 1 aromatic carbocycles. The van der Waals surface area contributed by atoms with Gasteiger partial charge < -0.3 is 4.57 Å². The Morgan fingerprint density at radius 3 is 2.87 bits per heavy atom. The molecule has 23 heavy (non-hydrogen) atoms. The molecule has 2 heterocycles. The van der Waals surface area contributed by atoms with E-state index in [0.29, 0.717) is 16.6 Å². The fourth-order valence-corrected chi connectivity index (χ4v) is 3.04. The first-order chi connectivity index (χ1) is 11.2. The van der Waals surface area contributed by atoms with Crippen LogP contribution in [0.5, 0.6) is 0 Å². The highest BCUT2D eigenvalue weighted by Gasteiger charge is 2.13. The summed E-state index contributed by atoms with van der Waals surface area (Å²) in [4.78, 5) is 0. The molecule has 9 heteroatoms. The standard InChI is InChI=1S/C14H16FN7S/c1-3-7-21-10(2)16-17-13(21)9-23-14-18-19-20-22(14)12-6-4-5-11(15)8-12/h4-6,8H,3,7,9H2,1-2H3. The van der Waals surface area contributed by atoms with Crippen molar-refractivity contribution in [2.75, 3.05) is 0 Å². The lowest BCUT2D eigenvalue weighted by molar-refractivity contribution is 0.623. The van der Waals surface area contributed by atoms with Crippen molar-refractivity contribution < 1.29 is 4.39 Å². The van der Waals surface area contributed by atoms with Gasteiger partial charge in [0.15, 0.2) is 0 Å². The molecule has 0 aliphatic rings. The first-order valence-electron chi connectivity index (χ1n) is 7.25. The van der Waals surface area contributed by atoms with Gasteiger partial charge >= 0.3 is 0 Å². The van der Waals surface area contributed by atoms with Crippen LogP contribution < -0.4 is 0 Å². The summed E-state index contributed by atoms with van der Waals surface area (Å²) in [5.41, 5.74) is 0.587. The van der Waals surface area contributed by atoms with Crippen molar-refractivity contribution in [2.24, 2.45) is 0 Å². The Morgan fingerprint density at radius 1 is 1.22 bits per heavy atom. The Labute approximate surface area is 136 Å². The summed E-state index contributed by atoms with van der Waals surface area (Å²) in [7, 11) is 0. The van der Waals surface area contributed by atoms with Gasteiger partial charge in [0, 0.05) is 6.54 Å². The van der Waals surface area contributed by atoms with Gasteiger partial charge in [0.2, 0.25) is 5.16 Å². The van der Waals surface area contributed by atoms with E-state index >= 15 is 0 Å². The van der Waals surface area contributed by atoms with Crippen LogP contribution in [0.1, 0.15) is 25.0 Å². The van der Waals surface area contributed by atoms with Crippen molar-refractivity contribution in [1.29, 1.82) is 0 Å². The van der Waals surface area contributed by atoms with Gasteiger partial charge in [-0.15, -0.1) is 15.3 Å². The second kappa shape index (κ2) is 6.86. The number of nitrogens with zero attached hydrogens (tertiary/aromatic N) is 7. The van der Waals surface area contributed by atoms with Crippen molar-refractivity contribution in [2.45, 2.75) is 37.7 Å². The maximum absolute atomic E-state index is 13.4. The molecule has 0 atom stereocenters. The van der Waals surface area contributed by atoms with Crippen LogP contribution >= 0.6 is 11.8 Å². The molecule has 2 aromatic heterocycles. The van der Waals surface area contributed by atoms with Gasteiger partial charge in [0.1, 0.15) is 17.5 Å². The number of thioether (sulfide) groups is 1. The zero-order valence-corrected chi connectivity index (χ0v) is 13.7. The Morgan fingerprint density at radius 2 is 2.09 bits per heavy atom. The summed E-state index contributed by atoms with van der Waals surface area (Å²) < 4.78 is 17.0. The second-order valence-electron chi connectivity index (χ2n) is 4.96. The number of hydrogen-bond donors (Lipinski definition) is 0. The summed E-state index contributed by atoms with van der Waals surface area (Å²) in [5.74, 6) is 2.04. The van der Waals surface area contributed by atoms with Crippen molar-refractivity contribution in [3.63, 3.8) is 0 Å². The van der Waals surface area contributed by atoms with E-state index in [1.807, 2.05) is 6.92 Å². The minimum Gasteiger partial charge on any atom is -0.315 e. The van der Waals surface area contributed by atoms with Gasteiger partial charge in [-0.05, 0) is 42.0 Å². The summed E-state index contributed by atoms with van der Waals surface area (Å²) in [5, 5.41) is 20.5. The fraction of sp³-hybridized carbons (Fsp3) is 0.357. The number of aryl methyl sites for hydroxylation is 1. The second-order valence-corrected chi connectivity index (χ2v) is 5.90. The van der Waals surface area contributed by atoms with Crippen LogP contribution in [-0.2, 0) is 12.3 Å². The molecule has 0 amide bonds. The molecule has 7 nitrogen and oxygen atoms in total. The molecule has 0 bridgehead atoms. The monoisotopic (exact) mass is 333 g/mol. The third-order valence-electron chi connectivity index (χ3n) is 3.28. The van der Waals surface area contributed by atoms with Crippen molar-refractivity contribution in [3.05, 3.63) is 41.7 Å². The van der Waals surface area contributed by atoms with Crippen molar-refractivity contribution >= 4 is 11.8 Å². The van der Waals surface area contributed by atoms with Crippen molar-refractivity contribution in [3.8, 4) is 5.69 Å². The molecule has 0 unspecified atom stereocenters. The lowest BCUT2D eigenvalue weighted by Gasteiger charge is -2.07. The van der Waals surface area contributed by atoms with Gasteiger partial charge in [-0.25, -0.2) is 4.39 Å². The number of rotatable bonds is 6. The van der Waals surface area contributed by atoms with E-state index in [1.54, 1.807) is 12.1 Å². The highest BCUT2D eigenvalue weighted by molar-refractivity contribution is 7.98. The normalized spacial score (nSPS) is 11.1. The van der Waals surface area contributed by atoms with Crippen LogP contribution in [0.2, 0.25) is 0 Å². The van der Waals surface area contributed by atoms with Crippen LogP contribution in [0.4, 0.5) is 4.39 Å². The van der Waals surface area contributed by atoms with E-state index in [4.69, 9.17) is 0 Å². The predicted molar refractivity (Wildman–Crippen MR) is 83.7 cm³/mol. The first kappa shape index (κ1) is 15.6. The van der Waals surface area contributed by atoms with Gasteiger partial charge in [-0.1, -0.05) is 24.8 Å². The van der Waals surface area contributed by atoms with Crippen molar-refractivity contribution in [1.82, 2.24) is 35.0 Å². The van der Waals surface area contributed by atoms with Crippen LogP contribution in [0.15, 0.2) is 29.4 Å². The van der Waals surface area contributed by atoms with Crippen LogP contribution in [-0.4, -0.2) is 35.0 Å². The number of tetrazole rings is 1. The number of benzene rings is 1. The predicted octanol–water partition coefficient (Wildman–Crippen LogP) is 2.40. The summed E-state index contributed by atoms with van der Waals surface area (Å²) in [6.07, 6.45) is 1.01. The molecule has 0 aliphatic carbocycles. The van der Waals surface area contributed by atoms with E-state index in [2.05, 4.69) is 37.2 Å². The quantitative estimate of drug-likeness (QED) is 0.645. The van der Waals surface area contributed by atoms with Crippen LogP contribution in [0.3, 0.4) is 0 Å². The number of halogens is 1. The topological polar surface area (TPSA) is 74.3 Å². The smallest absolute Gasteiger partial charge is 0.214 e. The highest BCUT2D eigenvalue weighted by Crippen LogP contribution is 2.22. The van der Waals surface area contributed by atoms with Gasteiger partial charge in [0.05, 0.1) is 11.4 Å². The summed E-state index contributed by atoms with van der Waals surface area (Å²) in [6.45, 7) is 4.93. The van der Waals surface area contributed by atoms with E-state index in [-0.39, 0.29) is 5.82 Å². The molecule has 0 radical (unpaired) electrons. The molecule has 0 spiro atoms. The first-order valence-corrected chi connectivity index (χ1v) is 8.23. The van der Waals surface area contributed by atoms with E-state index in [0.717, 1.165) is 24.6 Å². The Balaban J connectivity index is 1.79. The van der Waals surface area contributed by atoms with E-state index in [9.17, 15) is 4.39 Å². The number of hydrogen-bond acceptors (Lipinski definition) is 6. The molecule has 120 valence electrons. The molecular weight excluding hydrogens is 317 g/mol. The highest BCUT2D eigenvalue weighted by atomic mass is 32.2. The van der Waals surface area contributed by atoms with Crippen LogP contribution in [0, 0.1) is 12.7 Å². The minimum absolute atomic E-state index is 0.327. The van der Waals surface area contributed by atoms with Gasteiger partial charge in [-0.3, -0.25) is 0 Å². The van der Waals surface area contributed by atoms with Gasteiger partial charge in [-0.2, -0.15) is 4.68 Å². The molecule has 0 aliphatic heterocycles. The largest absolute Gasteiger partial charge is 0.315 e. The molecule has 0 saturated heterocycles. The molecule has 0 fully saturated rings. The summed E-state index contributed by atoms with van der Waals surface area (Å²) in [6, 6.07) is 6.16. The maximum Gasteiger partial charge on any atom is 0.214 e. The Bertz CT molecular complexity index is 798. The Kier molecular flexibility index (Phi) is 4.65. The van der Waals surface area contributed by atoms with Gasteiger partial charge in [0.25, 0.3) is 0 Å². The maximum atomic E-state index is 13.4. The molecule has 0 saturated carbocycles. The zero-order chi connectivity index (χ0) is 16.2. The average Bonchev–Trinajstić information content (AvgIpc) is 3.14. The zero-order valence-electron chi connectivity index (χ0n) is 12.8. The number of aromatic nitrogens is 7. The van der Waals surface area contributed by atoms with Crippen LogP contribution in [0.25, 0.3) is 5.69 Å². The molecule has 3 rings (SSSR count). The van der Waals surface area contributed by atoms with E-state index < -0.39 is 0 Å². The molecular formula is C14H16FN7S. The molecule has 3 aromatic rings. The SMILES string of the molecule is CCCn1c(C)nnc1CSc1nnnn1-c1cccc(F)c1. The summed E-state index contributed by atoms with van der Waals surface area (Å²) >= 11 is 1.44. The lowest BCUT2D eigenvalue weighted by atomic mass is 10.3. The minimum atomic E-state index is -0.327. The third kappa shape index (κ3) is 3.39. The van der Waals surface area contributed by atoms with E-state index in [1.165, 1.54) is 28.6 Å². The third-order valence-corrected chi connectivity index (χ3v) is 4.20. The molecule has 0 N–H and O–H groups in total. The Hall–Kier alpha value is -2.29. The fourth-order valence-electron chi connectivity index (χ4n) is 2.21.